The summed E-state index contributed by atoms with van der Waals surface area (Å²) in [5.41, 5.74) is 3.27. The highest BCUT2D eigenvalue weighted by molar-refractivity contribution is 7.99. The minimum absolute atomic E-state index is 0.0907. The summed E-state index contributed by atoms with van der Waals surface area (Å²) in [6.07, 6.45) is 1.21. The summed E-state index contributed by atoms with van der Waals surface area (Å²) in [7, 11) is 0. The van der Waals surface area contributed by atoms with Crippen molar-refractivity contribution in [3.63, 3.8) is 0 Å². The van der Waals surface area contributed by atoms with Gasteiger partial charge < -0.3 is 0 Å². The fourth-order valence-corrected chi connectivity index (χ4v) is 4.06. The molecular formula is C23H16ClN5O4S. The van der Waals surface area contributed by atoms with Crippen LogP contribution in [0.15, 0.2) is 87.8 Å². The number of nitrogens with zero attached hydrogens (tertiary/aromatic N) is 4. The second kappa shape index (κ2) is 10.3. The maximum Gasteiger partial charge on any atom is 0.278 e. The van der Waals surface area contributed by atoms with Crippen molar-refractivity contribution in [3.05, 3.63) is 104 Å². The van der Waals surface area contributed by atoms with E-state index in [2.05, 4.69) is 15.5 Å². The number of carbonyl (C=O) groups is 1. The first-order valence-corrected chi connectivity index (χ1v) is 11.3. The Morgan fingerprint density at radius 3 is 2.59 bits per heavy atom. The van der Waals surface area contributed by atoms with Gasteiger partial charge in [-0.1, -0.05) is 47.6 Å². The van der Waals surface area contributed by atoms with Gasteiger partial charge in [-0.25, -0.2) is 10.4 Å². The lowest BCUT2D eigenvalue weighted by Crippen LogP contribution is -2.24. The molecule has 1 heterocycles. The van der Waals surface area contributed by atoms with E-state index in [1.165, 1.54) is 22.9 Å². The van der Waals surface area contributed by atoms with E-state index in [9.17, 15) is 19.7 Å². The highest BCUT2D eigenvalue weighted by Crippen LogP contribution is 2.22. The summed E-state index contributed by atoms with van der Waals surface area (Å²) in [4.78, 5) is 40.7. The van der Waals surface area contributed by atoms with Gasteiger partial charge in [0, 0.05) is 11.1 Å². The molecule has 1 aromatic heterocycles. The Bertz CT molecular complexity index is 1470. The summed E-state index contributed by atoms with van der Waals surface area (Å²) in [6, 6.07) is 19.7. The molecule has 9 nitrogen and oxygen atoms in total. The largest absolute Gasteiger partial charge is 0.278 e. The van der Waals surface area contributed by atoms with Crippen molar-refractivity contribution in [2.75, 3.05) is 5.75 Å². The molecule has 3 aromatic carbocycles. The first kappa shape index (κ1) is 23.1. The number of para-hydroxylation sites is 2. The van der Waals surface area contributed by atoms with Gasteiger partial charge in [0.2, 0.25) is 0 Å². The lowest BCUT2D eigenvalue weighted by atomic mass is 10.2. The molecule has 0 bridgehead atoms. The van der Waals surface area contributed by atoms with Gasteiger partial charge in [-0.05, 0) is 42.5 Å². The van der Waals surface area contributed by atoms with Gasteiger partial charge in [0.25, 0.3) is 17.2 Å². The van der Waals surface area contributed by atoms with Crippen LogP contribution in [0.1, 0.15) is 5.56 Å². The number of rotatable bonds is 7. The van der Waals surface area contributed by atoms with Gasteiger partial charge in [-0.15, -0.1) is 0 Å². The Morgan fingerprint density at radius 1 is 1.12 bits per heavy atom. The van der Waals surface area contributed by atoms with Crippen LogP contribution in [0.3, 0.4) is 0 Å². The minimum atomic E-state index is -0.527. The lowest BCUT2D eigenvalue weighted by molar-refractivity contribution is -0.385. The molecule has 0 spiro atoms. The number of benzene rings is 3. The number of nitro benzene ring substituents is 1. The van der Waals surface area contributed by atoms with Crippen LogP contribution in [-0.4, -0.2) is 32.3 Å². The third-order valence-electron chi connectivity index (χ3n) is 4.69. The molecule has 1 N–H and O–H groups in total. The minimum Gasteiger partial charge on any atom is -0.272 e. The van der Waals surface area contributed by atoms with E-state index in [1.807, 2.05) is 0 Å². The molecule has 4 aromatic rings. The number of aromatic nitrogens is 2. The first-order chi connectivity index (χ1) is 16.4. The molecule has 0 aliphatic heterocycles. The van der Waals surface area contributed by atoms with Crippen LogP contribution in [0.25, 0.3) is 16.6 Å². The number of carbonyl (C=O) groups excluding carboxylic acids is 1. The fraction of sp³-hybridized carbons (Fsp3) is 0.0435. The van der Waals surface area contributed by atoms with Crippen LogP contribution in [0.2, 0.25) is 5.02 Å². The highest BCUT2D eigenvalue weighted by Gasteiger charge is 2.15. The monoisotopic (exact) mass is 493 g/mol. The molecule has 11 heteroatoms. The molecule has 0 fully saturated rings. The molecule has 1 amide bonds. The summed E-state index contributed by atoms with van der Waals surface area (Å²) in [5, 5.41) is 16.2. The van der Waals surface area contributed by atoms with Crippen LogP contribution in [-0.2, 0) is 4.79 Å². The predicted octanol–water partition coefficient (Wildman–Crippen LogP) is 4.19. The van der Waals surface area contributed by atoms with E-state index in [1.54, 1.807) is 60.7 Å². The van der Waals surface area contributed by atoms with E-state index in [0.29, 0.717) is 26.8 Å². The lowest BCUT2D eigenvalue weighted by Gasteiger charge is -2.13. The van der Waals surface area contributed by atoms with E-state index in [4.69, 9.17) is 11.6 Å². The number of nitrogens with one attached hydrogen (secondary N) is 1. The Labute approximate surface area is 202 Å². The zero-order valence-electron chi connectivity index (χ0n) is 17.4. The molecule has 0 aliphatic rings. The van der Waals surface area contributed by atoms with Crippen molar-refractivity contribution in [2.24, 2.45) is 5.10 Å². The van der Waals surface area contributed by atoms with Crippen molar-refractivity contribution >= 4 is 52.1 Å². The zero-order valence-corrected chi connectivity index (χ0v) is 19.0. The standard InChI is InChI=1S/C23H16ClN5O4S/c24-16-9-11-17(12-10-16)28-22(31)18-6-2-3-7-19(18)26-23(28)34-14-21(30)27-25-13-15-5-1-4-8-20(15)29(32)33/h1-13H,14H2,(H,27,30). The average molecular weight is 494 g/mol. The number of hydrazone groups is 1. The Morgan fingerprint density at radius 2 is 1.82 bits per heavy atom. The topological polar surface area (TPSA) is 119 Å². The number of hydrogen-bond acceptors (Lipinski definition) is 7. The van der Waals surface area contributed by atoms with Gasteiger partial charge in [-0.3, -0.25) is 24.3 Å². The van der Waals surface area contributed by atoms with Gasteiger partial charge in [0.15, 0.2) is 5.16 Å². The number of amides is 1. The second-order valence-electron chi connectivity index (χ2n) is 6.93. The van der Waals surface area contributed by atoms with Crippen LogP contribution in [0.5, 0.6) is 0 Å². The number of halogens is 1. The zero-order chi connectivity index (χ0) is 24.1. The van der Waals surface area contributed by atoms with Crippen molar-refractivity contribution < 1.29 is 9.72 Å². The summed E-state index contributed by atoms with van der Waals surface area (Å²) in [5.74, 6) is -0.558. The van der Waals surface area contributed by atoms with E-state index < -0.39 is 10.8 Å². The average Bonchev–Trinajstić information content (AvgIpc) is 2.84. The molecule has 0 atom stereocenters. The van der Waals surface area contributed by atoms with Gasteiger partial charge >= 0.3 is 0 Å². The molecule has 0 radical (unpaired) electrons. The number of nitro groups is 1. The summed E-state index contributed by atoms with van der Waals surface area (Å²) in [6.45, 7) is 0. The van der Waals surface area contributed by atoms with E-state index in [0.717, 1.165) is 11.8 Å². The van der Waals surface area contributed by atoms with Crippen LogP contribution in [0, 0.1) is 10.1 Å². The molecule has 0 unspecified atom stereocenters. The van der Waals surface area contributed by atoms with Crippen molar-refractivity contribution in [2.45, 2.75) is 5.16 Å². The molecule has 170 valence electrons. The third-order valence-corrected chi connectivity index (χ3v) is 5.88. The molecule has 34 heavy (non-hydrogen) atoms. The number of fused-ring (bicyclic) bond motifs is 1. The van der Waals surface area contributed by atoms with Crippen molar-refractivity contribution in [1.82, 2.24) is 15.0 Å². The SMILES string of the molecule is O=C(CSc1nc2ccccc2c(=O)n1-c1ccc(Cl)cc1)NN=Cc1ccccc1[N+](=O)[O-]. The third kappa shape index (κ3) is 5.13. The van der Waals surface area contributed by atoms with E-state index in [-0.39, 0.29) is 22.6 Å². The first-order valence-electron chi connectivity index (χ1n) is 9.90. The molecule has 0 aliphatic carbocycles. The molecular weight excluding hydrogens is 478 g/mol. The molecule has 0 saturated carbocycles. The molecule has 0 saturated heterocycles. The van der Waals surface area contributed by atoms with Gasteiger partial charge in [0.05, 0.1) is 39.0 Å². The molecule has 4 rings (SSSR count). The van der Waals surface area contributed by atoms with Crippen LogP contribution in [0.4, 0.5) is 5.69 Å². The predicted molar refractivity (Wildman–Crippen MR) is 132 cm³/mol. The Hall–Kier alpha value is -4.02. The van der Waals surface area contributed by atoms with E-state index >= 15 is 0 Å². The number of thioether (sulfide) groups is 1. The van der Waals surface area contributed by atoms with Crippen molar-refractivity contribution in [3.8, 4) is 5.69 Å². The fourth-order valence-electron chi connectivity index (χ4n) is 3.13. The Balaban J connectivity index is 1.56. The van der Waals surface area contributed by atoms with Gasteiger partial charge in [-0.2, -0.15) is 5.10 Å². The van der Waals surface area contributed by atoms with Crippen LogP contribution < -0.4 is 11.0 Å². The highest BCUT2D eigenvalue weighted by atomic mass is 35.5. The van der Waals surface area contributed by atoms with Gasteiger partial charge in [0.1, 0.15) is 0 Å². The maximum atomic E-state index is 13.2. The normalized spacial score (nSPS) is 11.1. The van der Waals surface area contributed by atoms with Crippen molar-refractivity contribution in [1.29, 1.82) is 0 Å². The summed E-state index contributed by atoms with van der Waals surface area (Å²) >= 11 is 7.05. The maximum absolute atomic E-state index is 13.2. The van der Waals surface area contributed by atoms with Crippen LogP contribution >= 0.6 is 23.4 Å². The quantitative estimate of drug-likeness (QED) is 0.135. The number of hydrogen-bond donors (Lipinski definition) is 1. The second-order valence-corrected chi connectivity index (χ2v) is 8.31. The summed E-state index contributed by atoms with van der Waals surface area (Å²) < 4.78 is 1.42. The smallest absolute Gasteiger partial charge is 0.272 e. The Kier molecular flexibility index (Phi) is 7.00.